The van der Waals surface area contributed by atoms with Gasteiger partial charge in [-0.05, 0) is 23.8 Å². The molecular weight excluding hydrogens is 259 g/mol. The van der Waals surface area contributed by atoms with Crippen LogP contribution in [-0.2, 0) is 11.2 Å². The number of ketones is 1. The van der Waals surface area contributed by atoms with Crippen molar-refractivity contribution in [2.75, 3.05) is 5.75 Å². The minimum atomic E-state index is -0.372. The van der Waals surface area contributed by atoms with Gasteiger partial charge in [0.15, 0.2) is 0 Å². The molecule has 0 N–H and O–H groups in total. The SMILES string of the molecule is CC(C)(C)SCC(=O)Cc1cc(Cl)ccc1F. The van der Waals surface area contributed by atoms with E-state index in [1.165, 1.54) is 18.2 Å². The standard InChI is InChI=1S/C13H16ClFOS/c1-13(2,3)17-8-11(16)7-9-6-10(14)4-5-12(9)15/h4-6H,7-8H2,1-3H3. The van der Waals surface area contributed by atoms with Crippen LogP contribution in [0, 0.1) is 5.82 Å². The third-order valence-corrected chi connectivity index (χ3v) is 3.63. The van der Waals surface area contributed by atoms with Crippen LogP contribution >= 0.6 is 23.4 Å². The van der Waals surface area contributed by atoms with Crippen molar-refractivity contribution in [1.82, 2.24) is 0 Å². The first-order chi connectivity index (χ1) is 7.78. The quantitative estimate of drug-likeness (QED) is 0.821. The zero-order chi connectivity index (χ0) is 13.1. The number of carbonyl (C=O) groups is 1. The Bertz CT molecular complexity index is 412. The number of Topliss-reactive ketones (excluding diaryl/α,β-unsaturated/α-hetero) is 1. The monoisotopic (exact) mass is 274 g/mol. The maximum atomic E-state index is 13.4. The number of thioether (sulfide) groups is 1. The second-order valence-corrected chi connectivity index (χ2v) is 7.09. The van der Waals surface area contributed by atoms with E-state index in [-0.39, 0.29) is 22.8 Å². The van der Waals surface area contributed by atoms with Crippen molar-refractivity contribution in [3.8, 4) is 0 Å². The van der Waals surface area contributed by atoms with E-state index in [1.807, 2.05) is 20.8 Å². The summed E-state index contributed by atoms with van der Waals surface area (Å²) >= 11 is 7.33. The molecule has 0 spiro atoms. The number of benzene rings is 1. The van der Waals surface area contributed by atoms with Crippen molar-refractivity contribution in [3.63, 3.8) is 0 Å². The summed E-state index contributed by atoms with van der Waals surface area (Å²) < 4.78 is 13.4. The second kappa shape index (κ2) is 5.87. The molecule has 0 atom stereocenters. The molecular formula is C13H16ClFOS. The highest BCUT2D eigenvalue weighted by Gasteiger charge is 2.15. The summed E-state index contributed by atoms with van der Waals surface area (Å²) in [5.74, 6) is 0.0460. The van der Waals surface area contributed by atoms with Gasteiger partial charge in [0, 0.05) is 16.2 Å². The summed E-state index contributed by atoms with van der Waals surface area (Å²) in [6.45, 7) is 6.14. The van der Waals surface area contributed by atoms with Crippen molar-refractivity contribution in [3.05, 3.63) is 34.6 Å². The summed E-state index contributed by atoms with van der Waals surface area (Å²) in [4.78, 5) is 11.7. The van der Waals surface area contributed by atoms with Crippen LogP contribution < -0.4 is 0 Å². The van der Waals surface area contributed by atoms with E-state index in [0.717, 1.165) is 0 Å². The Balaban J connectivity index is 2.59. The summed E-state index contributed by atoms with van der Waals surface area (Å²) in [5, 5.41) is 0.456. The Hall–Kier alpha value is -0.540. The molecule has 1 aromatic rings. The first kappa shape index (κ1) is 14.5. The molecule has 0 aromatic heterocycles. The highest BCUT2D eigenvalue weighted by Crippen LogP contribution is 2.23. The molecule has 94 valence electrons. The van der Waals surface area contributed by atoms with Crippen LogP contribution in [0.15, 0.2) is 18.2 Å². The van der Waals surface area contributed by atoms with Gasteiger partial charge >= 0.3 is 0 Å². The molecule has 1 nitrogen and oxygen atoms in total. The summed E-state index contributed by atoms with van der Waals surface area (Å²) in [6, 6.07) is 4.28. The molecule has 0 saturated carbocycles. The lowest BCUT2D eigenvalue weighted by molar-refractivity contribution is -0.116. The van der Waals surface area contributed by atoms with Gasteiger partial charge in [0.1, 0.15) is 11.6 Å². The van der Waals surface area contributed by atoms with Gasteiger partial charge in [-0.2, -0.15) is 0 Å². The molecule has 4 heteroatoms. The third-order valence-electron chi connectivity index (χ3n) is 2.06. The maximum absolute atomic E-state index is 13.4. The highest BCUT2D eigenvalue weighted by atomic mass is 35.5. The van der Waals surface area contributed by atoms with E-state index in [2.05, 4.69) is 0 Å². The molecule has 0 fully saturated rings. The first-order valence-electron chi connectivity index (χ1n) is 5.37. The van der Waals surface area contributed by atoms with Crippen LogP contribution in [0.2, 0.25) is 5.02 Å². The summed E-state index contributed by atoms with van der Waals surface area (Å²) in [5.41, 5.74) is 0.372. The van der Waals surface area contributed by atoms with E-state index in [0.29, 0.717) is 16.3 Å². The van der Waals surface area contributed by atoms with Crippen LogP contribution in [0.3, 0.4) is 0 Å². The van der Waals surface area contributed by atoms with Gasteiger partial charge in [-0.15, -0.1) is 11.8 Å². The van der Waals surface area contributed by atoms with Gasteiger partial charge in [0.25, 0.3) is 0 Å². The van der Waals surface area contributed by atoms with E-state index in [9.17, 15) is 9.18 Å². The minimum absolute atomic E-state index is 0.0195. The molecule has 0 saturated heterocycles. The van der Waals surface area contributed by atoms with Crippen LogP contribution in [-0.4, -0.2) is 16.3 Å². The molecule has 0 aliphatic heterocycles. The number of hydrogen-bond acceptors (Lipinski definition) is 2. The van der Waals surface area contributed by atoms with Crippen LogP contribution in [0.25, 0.3) is 0 Å². The fraction of sp³-hybridized carbons (Fsp3) is 0.462. The Morgan fingerprint density at radius 3 is 2.65 bits per heavy atom. The normalized spacial score (nSPS) is 11.6. The Labute approximate surface area is 111 Å². The van der Waals surface area contributed by atoms with Gasteiger partial charge < -0.3 is 0 Å². The lowest BCUT2D eigenvalue weighted by Crippen LogP contribution is -2.14. The molecule has 0 radical (unpaired) electrons. The molecule has 1 rings (SSSR count). The third kappa shape index (κ3) is 5.55. The number of halogens is 2. The van der Waals surface area contributed by atoms with Gasteiger partial charge in [0.2, 0.25) is 0 Å². The molecule has 0 amide bonds. The predicted octanol–water partition coefficient (Wildman–Crippen LogP) is 4.12. The summed E-state index contributed by atoms with van der Waals surface area (Å²) in [7, 11) is 0. The Kier molecular flexibility index (Phi) is 5.02. The van der Waals surface area contributed by atoms with Crippen LogP contribution in [0.4, 0.5) is 4.39 Å². The fourth-order valence-electron chi connectivity index (χ4n) is 1.24. The van der Waals surface area contributed by atoms with E-state index in [4.69, 9.17) is 11.6 Å². The molecule has 0 heterocycles. The zero-order valence-electron chi connectivity index (χ0n) is 10.2. The average Bonchev–Trinajstić information content (AvgIpc) is 2.20. The van der Waals surface area contributed by atoms with Crippen molar-refractivity contribution < 1.29 is 9.18 Å². The molecule has 0 aliphatic rings. The van der Waals surface area contributed by atoms with Gasteiger partial charge in [0.05, 0.1) is 5.75 Å². The lowest BCUT2D eigenvalue weighted by atomic mass is 10.1. The van der Waals surface area contributed by atoms with Crippen LogP contribution in [0.1, 0.15) is 26.3 Å². The average molecular weight is 275 g/mol. The van der Waals surface area contributed by atoms with Crippen molar-refractivity contribution in [1.29, 1.82) is 0 Å². The molecule has 0 unspecified atom stereocenters. The van der Waals surface area contributed by atoms with Crippen LogP contribution in [0.5, 0.6) is 0 Å². The largest absolute Gasteiger partial charge is 0.298 e. The summed E-state index contributed by atoms with van der Waals surface area (Å²) in [6.07, 6.45) is 0.107. The first-order valence-corrected chi connectivity index (χ1v) is 6.74. The van der Waals surface area contributed by atoms with Gasteiger partial charge in [-0.25, -0.2) is 4.39 Å². The van der Waals surface area contributed by atoms with E-state index in [1.54, 1.807) is 11.8 Å². The molecule has 17 heavy (non-hydrogen) atoms. The lowest BCUT2D eigenvalue weighted by Gasteiger charge is -2.16. The molecule has 0 bridgehead atoms. The Morgan fingerprint density at radius 2 is 2.06 bits per heavy atom. The minimum Gasteiger partial charge on any atom is -0.298 e. The number of rotatable bonds is 4. The maximum Gasteiger partial charge on any atom is 0.147 e. The number of hydrogen-bond donors (Lipinski definition) is 0. The highest BCUT2D eigenvalue weighted by molar-refractivity contribution is 8.01. The predicted molar refractivity (Wildman–Crippen MR) is 72.3 cm³/mol. The smallest absolute Gasteiger partial charge is 0.147 e. The second-order valence-electron chi connectivity index (χ2n) is 4.85. The van der Waals surface area contributed by atoms with E-state index < -0.39 is 0 Å². The van der Waals surface area contributed by atoms with Crippen molar-refractivity contribution >= 4 is 29.1 Å². The zero-order valence-corrected chi connectivity index (χ0v) is 11.8. The Morgan fingerprint density at radius 1 is 1.41 bits per heavy atom. The van der Waals surface area contributed by atoms with E-state index >= 15 is 0 Å². The molecule has 1 aromatic carbocycles. The number of carbonyl (C=O) groups excluding carboxylic acids is 1. The fourth-order valence-corrected chi connectivity index (χ4v) is 2.13. The van der Waals surface area contributed by atoms with Crippen molar-refractivity contribution in [2.24, 2.45) is 0 Å². The van der Waals surface area contributed by atoms with Gasteiger partial charge in [-0.3, -0.25) is 4.79 Å². The molecule has 0 aliphatic carbocycles. The van der Waals surface area contributed by atoms with Gasteiger partial charge in [-0.1, -0.05) is 32.4 Å². The topological polar surface area (TPSA) is 17.1 Å². The van der Waals surface area contributed by atoms with Crippen molar-refractivity contribution in [2.45, 2.75) is 31.9 Å².